The molecule has 10 heteroatoms. The number of allylic oxidation sites excluding steroid dienone is 2. The van der Waals surface area contributed by atoms with Crippen LogP contribution in [0, 0.1) is 13.8 Å². The first-order valence-corrected chi connectivity index (χ1v) is 11.1. The Balaban J connectivity index is 1.85. The molecule has 2 N–H and O–H groups in total. The minimum Gasteiger partial charge on any atom is -0.200 e. The van der Waals surface area contributed by atoms with Crippen LogP contribution in [0.15, 0.2) is 80.7 Å². The SMILES string of the molecule is Cc1ccc(S(=O)(=O)N/N=C/C=C\C=N\NS(=O)(=O)c2ccc(C)cc2)cc1. The summed E-state index contributed by atoms with van der Waals surface area (Å²) < 4.78 is 48.0. The average molecular weight is 421 g/mol. The largest absolute Gasteiger partial charge is 0.276 e. The Morgan fingerprint density at radius 3 is 1.29 bits per heavy atom. The monoisotopic (exact) mass is 420 g/mol. The molecule has 0 aromatic heterocycles. The second-order valence-corrected chi connectivity index (χ2v) is 9.08. The van der Waals surface area contributed by atoms with Gasteiger partial charge in [0, 0.05) is 12.4 Å². The second kappa shape index (κ2) is 9.29. The first-order valence-electron chi connectivity index (χ1n) is 8.09. The molecular formula is C18H20N4O4S2. The summed E-state index contributed by atoms with van der Waals surface area (Å²) in [5, 5.41) is 7.19. The van der Waals surface area contributed by atoms with E-state index < -0.39 is 20.0 Å². The van der Waals surface area contributed by atoms with E-state index in [0.29, 0.717) is 0 Å². The molecule has 0 saturated heterocycles. The molecule has 0 aliphatic rings. The van der Waals surface area contributed by atoms with Crippen LogP contribution in [0.1, 0.15) is 11.1 Å². The van der Waals surface area contributed by atoms with E-state index in [9.17, 15) is 16.8 Å². The van der Waals surface area contributed by atoms with Gasteiger partial charge in [-0.3, -0.25) is 0 Å². The topological polar surface area (TPSA) is 117 Å². The fourth-order valence-corrected chi connectivity index (χ4v) is 3.52. The van der Waals surface area contributed by atoms with Crippen molar-refractivity contribution in [2.24, 2.45) is 10.2 Å². The lowest BCUT2D eigenvalue weighted by molar-refractivity contribution is 0.583. The smallest absolute Gasteiger partial charge is 0.200 e. The molecule has 8 nitrogen and oxygen atoms in total. The van der Waals surface area contributed by atoms with Crippen LogP contribution in [-0.2, 0) is 20.0 Å². The number of nitrogens with one attached hydrogen (secondary N) is 2. The molecule has 0 amide bonds. The molecule has 148 valence electrons. The molecule has 0 fully saturated rings. The van der Waals surface area contributed by atoms with Crippen molar-refractivity contribution >= 4 is 32.5 Å². The van der Waals surface area contributed by atoms with Crippen molar-refractivity contribution in [1.82, 2.24) is 9.66 Å². The zero-order chi connectivity index (χ0) is 20.6. The molecule has 0 heterocycles. The van der Waals surface area contributed by atoms with E-state index in [1.165, 1.54) is 48.8 Å². The molecule has 0 radical (unpaired) electrons. The van der Waals surface area contributed by atoms with E-state index >= 15 is 0 Å². The number of benzene rings is 2. The summed E-state index contributed by atoms with van der Waals surface area (Å²) >= 11 is 0. The molecule has 0 unspecified atom stereocenters. The van der Waals surface area contributed by atoms with Gasteiger partial charge in [0.15, 0.2) is 0 Å². The Hall–Kier alpha value is -2.98. The van der Waals surface area contributed by atoms with E-state index in [1.807, 2.05) is 13.8 Å². The summed E-state index contributed by atoms with van der Waals surface area (Å²) in [6.45, 7) is 3.71. The fraction of sp³-hybridized carbons (Fsp3) is 0.111. The number of aryl methyl sites for hydroxylation is 2. The number of sulfonamides is 2. The average Bonchev–Trinajstić information content (AvgIpc) is 2.64. The minimum absolute atomic E-state index is 0.103. The van der Waals surface area contributed by atoms with Crippen molar-refractivity contribution in [3.8, 4) is 0 Å². The lowest BCUT2D eigenvalue weighted by atomic mass is 10.2. The van der Waals surface area contributed by atoms with Crippen molar-refractivity contribution in [3.63, 3.8) is 0 Å². The normalized spacial score (nSPS) is 12.8. The lowest BCUT2D eigenvalue weighted by Gasteiger charge is -2.03. The molecule has 2 aromatic rings. The molecule has 28 heavy (non-hydrogen) atoms. The summed E-state index contributed by atoms with van der Waals surface area (Å²) in [5.41, 5.74) is 1.89. The van der Waals surface area contributed by atoms with E-state index in [-0.39, 0.29) is 9.79 Å². The molecule has 0 aliphatic carbocycles. The van der Waals surface area contributed by atoms with Gasteiger partial charge >= 0.3 is 0 Å². The zero-order valence-corrected chi connectivity index (χ0v) is 16.9. The van der Waals surface area contributed by atoms with Gasteiger partial charge in [0.1, 0.15) is 0 Å². The van der Waals surface area contributed by atoms with Gasteiger partial charge in [0.2, 0.25) is 0 Å². The van der Waals surface area contributed by atoms with E-state index in [4.69, 9.17) is 0 Å². The summed E-state index contributed by atoms with van der Waals surface area (Å²) in [7, 11) is -7.47. The van der Waals surface area contributed by atoms with Gasteiger partial charge in [-0.25, -0.2) is 9.66 Å². The number of hydrogen-bond acceptors (Lipinski definition) is 6. The Bertz CT molecular complexity index is 998. The predicted molar refractivity (Wildman–Crippen MR) is 109 cm³/mol. The summed E-state index contributed by atoms with van der Waals surface area (Å²) in [4.78, 5) is 4.35. The number of hydrogen-bond donors (Lipinski definition) is 2. The Morgan fingerprint density at radius 2 is 0.964 bits per heavy atom. The first kappa shape index (κ1) is 21.3. The van der Waals surface area contributed by atoms with Gasteiger partial charge in [0.25, 0.3) is 20.0 Å². The van der Waals surface area contributed by atoms with Crippen LogP contribution in [0.5, 0.6) is 0 Å². The predicted octanol–water partition coefficient (Wildman–Crippen LogP) is 2.09. The highest BCUT2D eigenvalue weighted by Crippen LogP contribution is 2.10. The quantitative estimate of drug-likeness (QED) is 0.502. The number of rotatable bonds is 8. The molecule has 0 spiro atoms. The molecule has 0 bridgehead atoms. The highest BCUT2D eigenvalue weighted by Gasteiger charge is 2.12. The van der Waals surface area contributed by atoms with Crippen LogP contribution in [0.3, 0.4) is 0 Å². The third kappa shape index (κ3) is 6.32. The first-order chi connectivity index (χ1) is 13.2. The highest BCUT2D eigenvalue weighted by atomic mass is 32.2. The van der Waals surface area contributed by atoms with Crippen LogP contribution in [-0.4, -0.2) is 29.3 Å². The van der Waals surface area contributed by atoms with Crippen molar-refractivity contribution in [3.05, 3.63) is 71.8 Å². The van der Waals surface area contributed by atoms with Gasteiger partial charge in [-0.05, 0) is 50.3 Å². The Morgan fingerprint density at radius 1 is 0.643 bits per heavy atom. The van der Waals surface area contributed by atoms with Crippen LogP contribution < -0.4 is 9.66 Å². The molecule has 2 rings (SSSR count). The molecule has 0 aliphatic heterocycles. The van der Waals surface area contributed by atoms with Gasteiger partial charge in [-0.1, -0.05) is 35.4 Å². The highest BCUT2D eigenvalue weighted by molar-refractivity contribution is 7.89. The number of nitrogens with zero attached hydrogens (tertiary/aromatic N) is 2. The standard InChI is InChI=1S/C18H20N4O4S2/c1-15-5-9-17(10-6-15)27(23,24)21-19-13-3-4-14-20-22-28(25,26)18-11-7-16(2)8-12-18/h3-14,21-22H,1-2H3/b4-3-,19-13+,20-14+. The van der Waals surface area contributed by atoms with Crippen LogP contribution in [0.4, 0.5) is 0 Å². The van der Waals surface area contributed by atoms with Gasteiger partial charge < -0.3 is 0 Å². The molecule has 0 saturated carbocycles. The second-order valence-electron chi connectivity index (χ2n) is 5.76. The van der Waals surface area contributed by atoms with E-state index in [0.717, 1.165) is 11.1 Å². The van der Waals surface area contributed by atoms with Crippen molar-refractivity contribution in [1.29, 1.82) is 0 Å². The van der Waals surface area contributed by atoms with Crippen molar-refractivity contribution in [2.75, 3.05) is 0 Å². The van der Waals surface area contributed by atoms with Crippen LogP contribution >= 0.6 is 0 Å². The molecular weight excluding hydrogens is 400 g/mol. The summed E-state index contributed by atoms with van der Waals surface area (Å²) in [6.07, 6.45) is 5.18. The summed E-state index contributed by atoms with van der Waals surface area (Å²) in [5.74, 6) is 0. The zero-order valence-electron chi connectivity index (χ0n) is 15.3. The summed E-state index contributed by atoms with van der Waals surface area (Å²) in [6, 6.07) is 12.7. The minimum atomic E-state index is -3.73. The fourth-order valence-electron chi connectivity index (χ4n) is 1.93. The van der Waals surface area contributed by atoms with Crippen molar-refractivity contribution < 1.29 is 16.8 Å². The van der Waals surface area contributed by atoms with Crippen LogP contribution in [0.2, 0.25) is 0 Å². The van der Waals surface area contributed by atoms with Gasteiger partial charge in [-0.15, -0.1) is 0 Å². The Kier molecular flexibility index (Phi) is 7.07. The van der Waals surface area contributed by atoms with E-state index in [1.54, 1.807) is 24.3 Å². The van der Waals surface area contributed by atoms with Gasteiger partial charge in [0.05, 0.1) is 9.79 Å². The maximum atomic E-state index is 12.0. The third-order valence-electron chi connectivity index (χ3n) is 3.44. The van der Waals surface area contributed by atoms with E-state index in [2.05, 4.69) is 19.9 Å². The van der Waals surface area contributed by atoms with Crippen LogP contribution in [0.25, 0.3) is 0 Å². The van der Waals surface area contributed by atoms with Gasteiger partial charge in [-0.2, -0.15) is 27.0 Å². The molecule has 2 aromatic carbocycles. The van der Waals surface area contributed by atoms with Crippen molar-refractivity contribution in [2.45, 2.75) is 23.6 Å². The Labute approximate surface area is 164 Å². The number of hydrazone groups is 2. The molecule has 0 atom stereocenters. The maximum absolute atomic E-state index is 12.0. The lowest BCUT2D eigenvalue weighted by Crippen LogP contribution is -2.18. The maximum Gasteiger partial charge on any atom is 0.276 e. The third-order valence-corrected chi connectivity index (χ3v) is 5.92.